The fourth-order valence-corrected chi connectivity index (χ4v) is 2.44. The van der Waals surface area contributed by atoms with Crippen molar-refractivity contribution in [2.75, 3.05) is 0 Å². The number of aromatic nitrogens is 2. The first-order valence-electron chi connectivity index (χ1n) is 4.98. The fraction of sp³-hybridized carbons (Fsp3) is 0.455. The van der Waals surface area contributed by atoms with Crippen LogP contribution in [0.15, 0.2) is 6.07 Å². The SMILES string of the molecule is Cc1cc2c(OC(C)(C)C)nc(Cl)nc2s1. The molecule has 0 amide bonds. The third kappa shape index (κ3) is 2.44. The van der Waals surface area contributed by atoms with Crippen molar-refractivity contribution < 1.29 is 4.74 Å². The third-order valence-corrected chi connectivity index (χ3v) is 2.97. The molecule has 2 heterocycles. The van der Waals surface area contributed by atoms with Crippen LogP contribution in [0.4, 0.5) is 0 Å². The highest BCUT2D eigenvalue weighted by molar-refractivity contribution is 7.18. The van der Waals surface area contributed by atoms with E-state index in [-0.39, 0.29) is 10.9 Å². The maximum absolute atomic E-state index is 5.87. The molecule has 16 heavy (non-hydrogen) atoms. The standard InChI is InChI=1S/C11H13ClN2OS/c1-6-5-7-8(15-11(2,3)4)13-10(12)14-9(7)16-6/h5H,1-4H3. The van der Waals surface area contributed by atoms with Crippen LogP contribution in [0.3, 0.4) is 0 Å². The molecule has 0 aromatic carbocycles. The Hall–Kier alpha value is -0.870. The molecule has 86 valence electrons. The maximum Gasteiger partial charge on any atom is 0.227 e. The zero-order chi connectivity index (χ0) is 11.9. The second kappa shape index (κ2) is 3.86. The molecular weight excluding hydrogens is 244 g/mol. The summed E-state index contributed by atoms with van der Waals surface area (Å²) in [5.41, 5.74) is -0.291. The Bertz CT molecular complexity index is 530. The molecule has 3 nitrogen and oxygen atoms in total. The molecule has 0 aliphatic rings. The molecule has 2 aromatic rings. The number of fused-ring (bicyclic) bond motifs is 1. The van der Waals surface area contributed by atoms with E-state index in [9.17, 15) is 0 Å². The Kier molecular flexibility index (Phi) is 2.80. The third-order valence-electron chi connectivity index (χ3n) is 1.86. The minimum Gasteiger partial charge on any atom is -0.471 e. The van der Waals surface area contributed by atoms with E-state index in [0.29, 0.717) is 5.88 Å². The van der Waals surface area contributed by atoms with Gasteiger partial charge in [-0.2, -0.15) is 4.98 Å². The monoisotopic (exact) mass is 256 g/mol. The van der Waals surface area contributed by atoms with Crippen molar-refractivity contribution in [3.63, 3.8) is 0 Å². The molecule has 0 bridgehead atoms. The van der Waals surface area contributed by atoms with Gasteiger partial charge in [-0.3, -0.25) is 0 Å². The lowest BCUT2D eigenvalue weighted by molar-refractivity contribution is 0.126. The molecule has 0 aliphatic carbocycles. The quantitative estimate of drug-likeness (QED) is 0.728. The predicted molar refractivity (Wildman–Crippen MR) is 67.5 cm³/mol. The summed E-state index contributed by atoms with van der Waals surface area (Å²) in [7, 11) is 0. The van der Waals surface area contributed by atoms with Crippen molar-refractivity contribution in [1.82, 2.24) is 9.97 Å². The lowest BCUT2D eigenvalue weighted by Crippen LogP contribution is -2.23. The predicted octanol–water partition coefficient (Wildman–Crippen LogP) is 3.83. The number of hydrogen-bond acceptors (Lipinski definition) is 4. The van der Waals surface area contributed by atoms with E-state index in [4.69, 9.17) is 16.3 Å². The number of hydrogen-bond donors (Lipinski definition) is 0. The van der Waals surface area contributed by atoms with Crippen molar-refractivity contribution in [3.8, 4) is 5.88 Å². The topological polar surface area (TPSA) is 35.0 Å². The van der Waals surface area contributed by atoms with Crippen LogP contribution in [0.25, 0.3) is 10.2 Å². The zero-order valence-electron chi connectivity index (χ0n) is 9.67. The Morgan fingerprint density at radius 2 is 2.00 bits per heavy atom. The largest absolute Gasteiger partial charge is 0.471 e. The maximum atomic E-state index is 5.87. The molecule has 0 fully saturated rings. The van der Waals surface area contributed by atoms with E-state index in [2.05, 4.69) is 9.97 Å². The first kappa shape index (κ1) is 11.6. The molecule has 0 unspecified atom stereocenters. The fourth-order valence-electron chi connectivity index (χ4n) is 1.36. The van der Waals surface area contributed by atoms with Gasteiger partial charge in [0, 0.05) is 4.88 Å². The first-order valence-corrected chi connectivity index (χ1v) is 6.17. The molecule has 2 rings (SSSR count). The van der Waals surface area contributed by atoms with Crippen molar-refractivity contribution in [3.05, 3.63) is 16.2 Å². The Labute approximate surface area is 103 Å². The second-order valence-electron chi connectivity index (χ2n) is 4.59. The molecule has 0 saturated heterocycles. The average Bonchev–Trinajstić information content (AvgIpc) is 2.42. The average molecular weight is 257 g/mol. The number of nitrogens with zero attached hydrogens (tertiary/aromatic N) is 2. The van der Waals surface area contributed by atoms with Gasteiger partial charge in [0.25, 0.3) is 0 Å². The van der Waals surface area contributed by atoms with E-state index in [0.717, 1.165) is 10.2 Å². The molecule has 0 spiro atoms. The van der Waals surface area contributed by atoms with Gasteiger partial charge in [0.05, 0.1) is 5.39 Å². The molecular formula is C11H13ClN2OS. The molecule has 0 N–H and O–H groups in total. The van der Waals surface area contributed by atoms with E-state index in [1.165, 1.54) is 4.88 Å². The van der Waals surface area contributed by atoms with E-state index in [1.807, 2.05) is 33.8 Å². The van der Waals surface area contributed by atoms with Gasteiger partial charge in [-0.1, -0.05) is 0 Å². The van der Waals surface area contributed by atoms with Crippen molar-refractivity contribution in [2.24, 2.45) is 0 Å². The van der Waals surface area contributed by atoms with Crippen LogP contribution in [0.5, 0.6) is 5.88 Å². The second-order valence-corrected chi connectivity index (χ2v) is 6.16. The smallest absolute Gasteiger partial charge is 0.227 e. The normalized spacial score (nSPS) is 12.1. The lowest BCUT2D eigenvalue weighted by atomic mass is 10.2. The summed E-state index contributed by atoms with van der Waals surface area (Å²) in [6.07, 6.45) is 0. The van der Waals surface area contributed by atoms with E-state index < -0.39 is 0 Å². The van der Waals surface area contributed by atoms with Gasteiger partial charge >= 0.3 is 0 Å². The molecule has 5 heteroatoms. The summed E-state index contributed by atoms with van der Waals surface area (Å²) in [6, 6.07) is 2.03. The zero-order valence-corrected chi connectivity index (χ0v) is 11.2. The van der Waals surface area contributed by atoms with Crippen LogP contribution in [0, 0.1) is 6.92 Å². The number of halogens is 1. The summed E-state index contributed by atoms with van der Waals surface area (Å²) in [6.45, 7) is 7.97. The summed E-state index contributed by atoms with van der Waals surface area (Å²) < 4.78 is 5.78. The Morgan fingerprint density at radius 3 is 2.62 bits per heavy atom. The minimum absolute atomic E-state index is 0.230. The van der Waals surface area contributed by atoms with Crippen LogP contribution in [-0.2, 0) is 0 Å². The van der Waals surface area contributed by atoms with E-state index in [1.54, 1.807) is 11.3 Å². The lowest BCUT2D eigenvalue weighted by Gasteiger charge is -2.20. The minimum atomic E-state index is -0.291. The molecule has 0 atom stereocenters. The van der Waals surface area contributed by atoms with Crippen LogP contribution in [0.2, 0.25) is 5.28 Å². The number of aryl methyl sites for hydroxylation is 1. The van der Waals surface area contributed by atoms with Crippen molar-refractivity contribution in [1.29, 1.82) is 0 Å². The molecule has 0 aliphatic heterocycles. The number of ether oxygens (including phenoxy) is 1. The van der Waals surface area contributed by atoms with Crippen LogP contribution < -0.4 is 4.74 Å². The van der Waals surface area contributed by atoms with Gasteiger partial charge in [-0.25, -0.2) is 4.98 Å². The molecule has 0 saturated carbocycles. The highest BCUT2D eigenvalue weighted by Crippen LogP contribution is 2.32. The van der Waals surface area contributed by atoms with Gasteiger partial charge < -0.3 is 4.74 Å². The van der Waals surface area contributed by atoms with Gasteiger partial charge in [0.1, 0.15) is 10.4 Å². The van der Waals surface area contributed by atoms with Gasteiger partial charge in [0.15, 0.2) is 0 Å². The summed E-state index contributed by atoms with van der Waals surface area (Å²) in [4.78, 5) is 10.4. The highest BCUT2D eigenvalue weighted by atomic mass is 35.5. The first-order chi connectivity index (χ1) is 7.35. The Morgan fingerprint density at radius 1 is 1.31 bits per heavy atom. The summed E-state index contributed by atoms with van der Waals surface area (Å²) >= 11 is 7.46. The van der Waals surface area contributed by atoms with Crippen LogP contribution in [0.1, 0.15) is 25.6 Å². The molecule has 0 radical (unpaired) electrons. The number of rotatable bonds is 1. The van der Waals surface area contributed by atoms with Crippen LogP contribution >= 0.6 is 22.9 Å². The van der Waals surface area contributed by atoms with Crippen molar-refractivity contribution in [2.45, 2.75) is 33.3 Å². The van der Waals surface area contributed by atoms with Crippen molar-refractivity contribution >= 4 is 33.2 Å². The Balaban J connectivity index is 2.58. The summed E-state index contributed by atoms with van der Waals surface area (Å²) in [5.74, 6) is 0.562. The van der Waals surface area contributed by atoms with Gasteiger partial charge in [0.2, 0.25) is 11.2 Å². The summed E-state index contributed by atoms with van der Waals surface area (Å²) in [5, 5.41) is 1.16. The highest BCUT2D eigenvalue weighted by Gasteiger charge is 2.17. The number of thiophene rings is 1. The van der Waals surface area contributed by atoms with Gasteiger partial charge in [-0.15, -0.1) is 11.3 Å². The van der Waals surface area contributed by atoms with E-state index >= 15 is 0 Å². The van der Waals surface area contributed by atoms with Crippen LogP contribution in [-0.4, -0.2) is 15.6 Å². The molecule has 2 aromatic heterocycles. The van der Waals surface area contributed by atoms with Gasteiger partial charge in [-0.05, 0) is 45.4 Å².